The fourth-order valence-corrected chi connectivity index (χ4v) is 4.46. The normalized spacial score (nSPS) is 17.3. The van der Waals surface area contributed by atoms with Gasteiger partial charge >= 0.3 is 0 Å². The molecule has 6 nitrogen and oxygen atoms in total. The van der Waals surface area contributed by atoms with Gasteiger partial charge in [-0.1, -0.05) is 6.07 Å². The van der Waals surface area contributed by atoms with Gasteiger partial charge in [-0.3, -0.25) is 10.00 Å². The maximum Gasteiger partial charge on any atom is 0.217 e. The third-order valence-electron chi connectivity index (χ3n) is 4.92. The van der Waals surface area contributed by atoms with Crippen molar-refractivity contribution in [2.24, 2.45) is 0 Å². The van der Waals surface area contributed by atoms with Gasteiger partial charge in [0.15, 0.2) is 5.82 Å². The molecule has 3 aromatic rings. The SMILES string of the molecule is COc1ccc(OC)c(C2CCCN2Cn2[nH]c(-c3cccs3)nc2=S)c1. The third kappa shape index (κ3) is 3.65. The van der Waals surface area contributed by atoms with Crippen LogP contribution >= 0.6 is 23.6 Å². The molecule has 1 aromatic carbocycles. The number of nitrogens with zero attached hydrogens (tertiary/aromatic N) is 3. The van der Waals surface area contributed by atoms with Gasteiger partial charge in [-0.15, -0.1) is 11.3 Å². The zero-order valence-electron chi connectivity index (χ0n) is 15.3. The van der Waals surface area contributed by atoms with Crippen molar-refractivity contribution in [1.82, 2.24) is 19.7 Å². The van der Waals surface area contributed by atoms with Crippen molar-refractivity contribution in [3.8, 4) is 22.2 Å². The number of H-pyrrole nitrogens is 1. The monoisotopic (exact) mass is 402 g/mol. The maximum absolute atomic E-state index is 5.60. The lowest BCUT2D eigenvalue weighted by atomic mass is 10.0. The number of hydrogen-bond acceptors (Lipinski definition) is 6. The Hall–Kier alpha value is -2.16. The summed E-state index contributed by atoms with van der Waals surface area (Å²) in [7, 11) is 3.40. The second kappa shape index (κ2) is 7.84. The molecule has 2 aromatic heterocycles. The molecule has 0 bridgehead atoms. The van der Waals surface area contributed by atoms with Crippen molar-refractivity contribution in [1.29, 1.82) is 0 Å². The first-order chi connectivity index (χ1) is 13.2. The van der Waals surface area contributed by atoms with Crippen LogP contribution in [0.1, 0.15) is 24.4 Å². The van der Waals surface area contributed by atoms with Crippen LogP contribution in [-0.2, 0) is 6.67 Å². The molecule has 1 unspecified atom stereocenters. The number of benzene rings is 1. The summed E-state index contributed by atoms with van der Waals surface area (Å²) in [6.45, 7) is 1.67. The number of methoxy groups -OCH3 is 2. The Bertz CT molecular complexity index is 965. The van der Waals surface area contributed by atoms with Crippen LogP contribution in [0.3, 0.4) is 0 Å². The van der Waals surface area contributed by atoms with E-state index in [-0.39, 0.29) is 6.04 Å². The van der Waals surface area contributed by atoms with Crippen molar-refractivity contribution in [3.63, 3.8) is 0 Å². The van der Waals surface area contributed by atoms with Gasteiger partial charge in [0.25, 0.3) is 0 Å². The molecule has 0 amide bonds. The maximum atomic E-state index is 5.60. The number of ether oxygens (including phenoxy) is 2. The minimum atomic E-state index is 0.255. The van der Waals surface area contributed by atoms with E-state index in [4.69, 9.17) is 21.7 Å². The Morgan fingerprint density at radius 2 is 2.19 bits per heavy atom. The van der Waals surface area contributed by atoms with E-state index in [1.165, 1.54) is 0 Å². The predicted molar refractivity (Wildman–Crippen MR) is 109 cm³/mol. The second-order valence-corrected chi connectivity index (χ2v) is 7.79. The highest BCUT2D eigenvalue weighted by atomic mass is 32.1. The van der Waals surface area contributed by atoms with Crippen LogP contribution in [-0.4, -0.2) is 40.4 Å². The zero-order chi connectivity index (χ0) is 18.8. The van der Waals surface area contributed by atoms with E-state index in [1.807, 2.05) is 34.3 Å². The lowest BCUT2D eigenvalue weighted by molar-refractivity contribution is 0.187. The summed E-state index contributed by atoms with van der Waals surface area (Å²) >= 11 is 7.13. The average molecular weight is 403 g/mol. The van der Waals surface area contributed by atoms with Crippen molar-refractivity contribution < 1.29 is 9.47 Å². The van der Waals surface area contributed by atoms with Gasteiger partial charge in [0.1, 0.15) is 11.5 Å². The van der Waals surface area contributed by atoms with E-state index in [2.05, 4.69) is 21.0 Å². The Morgan fingerprint density at radius 1 is 1.30 bits per heavy atom. The van der Waals surface area contributed by atoms with Gasteiger partial charge in [-0.2, -0.15) is 4.98 Å². The highest BCUT2D eigenvalue weighted by Crippen LogP contribution is 2.39. The highest BCUT2D eigenvalue weighted by molar-refractivity contribution is 7.71. The number of rotatable bonds is 6. The van der Waals surface area contributed by atoms with Gasteiger partial charge < -0.3 is 9.47 Å². The molecule has 0 saturated carbocycles. The molecule has 1 fully saturated rings. The molecule has 0 spiro atoms. The van der Waals surface area contributed by atoms with Crippen LogP contribution in [0.15, 0.2) is 35.7 Å². The van der Waals surface area contributed by atoms with Crippen molar-refractivity contribution in [2.45, 2.75) is 25.6 Å². The minimum Gasteiger partial charge on any atom is -0.497 e. The number of nitrogens with one attached hydrogen (secondary N) is 1. The fraction of sp³-hybridized carbons (Fsp3) is 0.368. The molecule has 0 aliphatic carbocycles. The number of aromatic amines is 1. The first kappa shape index (κ1) is 18.2. The largest absolute Gasteiger partial charge is 0.497 e. The molecule has 1 saturated heterocycles. The summed E-state index contributed by atoms with van der Waals surface area (Å²) in [5.74, 6) is 2.56. The van der Waals surface area contributed by atoms with Crippen LogP contribution in [0.5, 0.6) is 11.5 Å². The highest BCUT2D eigenvalue weighted by Gasteiger charge is 2.29. The smallest absolute Gasteiger partial charge is 0.217 e. The van der Waals surface area contributed by atoms with Gasteiger partial charge in [0.2, 0.25) is 4.77 Å². The van der Waals surface area contributed by atoms with Gasteiger partial charge in [0, 0.05) is 18.2 Å². The summed E-state index contributed by atoms with van der Waals surface area (Å²) in [4.78, 5) is 8.01. The fourth-order valence-electron chi connectivity index (χ4n) is 3.61. The van der Waals surface area contributed by atoms with E-state index >= 15 is 0 Å². The van der Waals surface area contributed by atoms with Crippen molar-refractivity contribution in [2.75, 3.05) is 20.8 Å². The van der Waals surface area contributed by atoms with Crippen LogP contribution in [0, 0.1) is 4.77 Å². The molecule has 8 heteroatoms. The quantitative estimate of drug-likeness (QED) is 0.616. The predicted octanol–water partition coefficient (Wildman–Crippen LogP) is 4.48. The summed E-state index contributed by atoms with van der Waals surface area (Å²) in [5.41, 5.74) is 1.15. The molecule has 4 rings (SSSR count). The summed E-state index contributed by atoms with van der Waals surface area (Å²) in [6, 6.07) is 10.3. The van der Waals surface area contributed by atoms with Crippen molar-refractivity contribution >= 4 is 23.6 Å². The average Bonchev–Trinajstić information content (AvgIpc) is 3.43. The number of aromatic nitrogens is 3. The second-order valence-electron chi connectivity index (χ2n) is 6.48. The molecular formula is C19H22N4O2S2. The molecule has 1 N–H and O–H groups in total. The standard InChI is InChI=1S/C19H22N4O2S2/c1-24-13-7-8-16(25-2)14(11-13)15-5-3-9-22(15)12-23-19(26)20-18(21-23)17-6-4-10-27-17/h4,6-8,10-11,15H,3,5,9,12H2,1-2H3,(H,20,21,26). The van der Waals surface area contributed by atoms with E-state index < -0.39 is 0 Å². The van der Waals surface area contributed by atoms with Gasteiger partial charge in [-0.25, -0.2) is 4.68 Å². The first-order valence-electron chi connectivity index (χ1n) is 8.86. The molecule has 1 aliphatic heterocycles. The molecule has 27 heavy (non-hydrogen) atoms. The van der Waals surface area contributed by atoms with Gasteiger partial charge in [-0.05, 0) is 54.7 Å². The molecule has 3 heterocycles. The number of hydrogen-bond donors (Lipinski definition) is 1. The van der Waals surface area contributed by atoms with E-state index in [1.54, 1.807) is 25.6 Å². The molecular weight excluding hydrogens is 380 g/mol. The van der Waals surface area contributed by atoms with Crippen molar-refractivity contribution in [3.05, 3.63) is 46.0 Å². The molecule has 142 valence electrons. The zero-order valence-corrected chi connectivity index (χ0v) is 17.0. The molecule has 1 aliphatic rings. The van der Waals surface area contributed by atoms with Crippen LogP contribution in [0.2, 0.25) is 0 Å². The minimum absolute atomic E-state index is 0.255. The van der Waals surface area contributed by atoms with Crippen LogP contribution < -0.4 is 9.47 Å². The van der Waals surface area contributed by atoms with Gasteiger partial charge in [0.05, 0.1) is 25.8 Å². The number of thiophene rings is 1. The van der Waals surface area contributed by atoms with E-state index in [0.717, 1.165) is 47.2 Å². The molecule has 1 atom stereocenters. The Balaban J connectivity index is 1.61. The topological polar surface area (TPSA) is 55.3 Å². The lowest BCUT2D eigenvalue weighted by Crippen LogP contribution is -2.27. The number of likely N-dealkylation sites (tertiary alicyclic amines) is 1. The molecule has 0 radical (unpaired) electrons. The van der Waals surface area contributed by atoms with Crippen LogP contribution in [0.4, 0.5) is 0 Å². The lowest BCUT2D eigenvalue weighted by Gasteiger charge is -2.26. The van der Waals surface area contributed by atoms with Crippen LogP contribution in [0.25, 0.3) is 10.7 Å². The summed E-state index contributed by atoms with van der Waals surface area (Å²) in [6.07, 6.45) is 2.20. The Labute approximate surface area is 167 Å². The Kier molecular flexibility index (Phi) is 5.29. The van der Waals surface area contributed by atoms with E-state index in [9.17, 15) is 0 Å². The van der Waals surface area contributed by atoms with E-state index in [0.29, 0.717) is 11.4 Å². The summed E-state index contributed by atoms with van der Waals surface area (Å²) < 4.78 is 13.5. The first-order valence-corrected chi connectivity index (χ1v) is 10.1. The summed E-state index contributed by atoms with van der Waals surface area (Å²) in [5, 5.41) is 5.39. The Morgan fingerprint density at radius 3 is 2.93 bits per heavy atom. The third-order valence-corrected chi connectivity index (χ3v) is 6.10.